The highest BCUT2D eigenvalue weighted by molar-refractivity contribution is 6.31. The number of rotatable bonds is 2. The number of carbonyl (C=O) groups excluding carboxylic acids is 1. The van der Waals surface area contributed by atoms with E-state index < -0.39 is 0 Å². The van der Waals surface area contributed by atoms with Crippen LogP contribution in [0.2, 0.25) is 5.02 Å². The first-order chi connectivity index (χ1) is 9.00. The van der Waals surface area contributed by atoms with Crippen molar-refractivity contribution in [1.82, 2.24) is 5.32 Å². The zero-order valence-electron chi connectivity index (χ0n) is 11.5. The van der Waals surface area contributed by atoms with E-state index in [0.29, 0.717) is 17.1 Å². The molecule has 1 aromatic rings. The van der Waals surface area contributed by atoms with Gasteiger partial charge < -0.3 is 5.32 Å². The molecule has 0 aliphatic carbocycles. The normalized spacial score (nSPS) is 33.4. The molecule has 3 atom stereocenters. The molecule has 2 aliphatic rings. The first-order valence-electron chi connectivity index (χ1n) is 7.08. The maximum Gasteiger partial charge on any atom is 0.170 e. The lowest BCUT2D eigenvalue weighted by molar-refractivity contribution is 0.0694. The second-order valence-corrected chi connectivity index (χ2v) is 6.65. The largest absolute Gasteiger partial charge is 0.310 e. The number of Topliss-reactive ketones (excluding diaryl/α,β-unsaturated/α-hetero) is 1. The Morgan fingerprint density at radius 1 is 1.37 bits per heavy atom. The SMILES string of the molecule is Cc1ccc(C(=O)C2(C)CC[C@H]3CC[C@H]2N3)cc1Cl. The van der Waals surface area contributed by atoms with Crippen molar-refractivity contribution in [3.8, 4) is 0 Å². The van der Waals surface area contributed by atoms with Gasteiger partial charge in [-0.15, -0.1) is 0 Å². The van der Waals surface area contributed by atoms with Crippen LogP contribution >= 0.6 is 11.6 Å². The van der Waals surface area contributed by atoms with E-state index in [2.05, 4.69) is 12.2 Å². The summed E-state index contributed by atoms with van der Waals surface area (Å²) >= 11 is 6.15. The van der Waals surface area contributed by atoms with Crippen LogP contribution in [0.25, 0.3) is 0 Å². The van der Waals surface area contributed by atoms with Crippen LogP contribution in [0.1, 0.15) is 48.5 Å². The standard InChI is InChI=1S/C16H20ClNO/c1-10-3-4-11(9-13(10)17)15(19)16(2)8-7-12-5-6-14(16)18-12/h3-4,9,12,14,18H,5-8H2,1-2H3/t12-,14-,16?/m1/s1. The fourth-order valence-electron chi connectivity index (χ4n) is 3.53. The van der Waals surface area contributed by atoms with E-state index in [-0.39, 0.29) is 11.2 Å². The number of ketones is 1. The minimum Gasteiger partial charge on any atom is -0.310 e. The van der Waals surface area contributed by atoms with E-state index in [9.17, 15) is 4.79 Å². The van der Waals surface area contributed by atoms with Crippen molar-refractivity contribution in [2.24, 2.45) is 5.41 Å². The lowest BCUT2D eigenvalue weighted by Crippen LogP contribution is -2.51. The van der Waals surface area contributed by atoms with E-state index in [1.807, 2.05) is 25.1 Å². The number of hydrogen-bond donors (Lipinski definition) is 1. The fourth-order valence-corrected chi connectivity index (χ4v) is 3.71. The van der Waals surface area contributed by atoms with E-state index in [1.165, 1.54) is 6.42 Å². The van der Waals surface area contributed by atoms with Crippen molar-refractivity contribution in [3.05, 3.63) is 34.3 Å². The molecular weight excluding hydrogens is 258 g/mol. The van der Waals surface area contributed by atoms with Crippen molar-refractivity contribution in [1.29, 1.82) is 0 Å². The average molecular weight is 278 g/mol. The van der Waals surface area contributed by atoms with Gasteiger partial charge in [-0.05, 0) is 44.2 Å². The lowest BCUT2D eigenvalue weighted by atomic mass is 9.71. The molecule has 2 nitrogen and oxygen atoms in total. The summed E-state index contributed by atoms with van der Waals surface area (Å²) in [7, 11) is 0. The molecule has 19 heavy (non-hydrogen) atoms. The van der Waals surface area contributed by atoms with Crippen LogP contribution in [0, 0.1) is 12.3 Å². The summed E-state index contributed by atoms with van der Waals surface area (Å²) < 4.78 is 0. The highest BCUT2D eigenvalue weighted by Crippen LogP contribution is 2.43. The summed E-state index contributed by atoms with van der Waals surface area (Å²) in [5.74, 6) is 0.243. The molecule has 2 heterocycles. The molecule has 2 aliphatic heterocycles. The Hall–Kier alpha value is -0.860. The third kappa shape index (κ3) is 2.11. The molecule has 1 N–H and O–H groups in total. The highest BCUT2D eigenvalue weighted by Gasteiger charge is 2.48. The molecule has 0 spiro atoms. The van der Waals surface area contributed by atoms with Gasteiger partial charge in [0.25, 0.3) is 0 Å². The summed E-state index contributed by atoms with van der Waals surface area (Å²) in [6.07, 6.45) is 4.42. The molecule has 1 aromatic carbocycles. The number of benzene rings is 1. The van der Waals surface area contributed by atoms with Crippen LogP contribution in [-0.2, 0) is 0 Å². The smallest absolute Gasteiger partial charge is 0.170 e. The van der Waals surface area contributed by atoms with Gasteiger partial charge in [-0.25, -0.2) is 0 Å². The Bertz CT molecular complexity index is 527. The number of piperidine rings is 1. The molecule has 0 saturated carbocycles. The van der Waals surface area contributed by atoms with E-state index in [1.54, 1.807) is 0 Å². The van der Waals surface area contributed by atoms with Crippen LogP contribution < -0.4 is 5.32 Å². The molecular formula is C16H20ClNO. The third-order valence-corrected chi connectivity index (χ3v) is 5.38. The van der Waals surface area contributed by atoms with E-state index >= 15 is 0 Å². The molecule has 2 fully saturated rings. The van der Waals surface area contributed by atoms with Gasteiger partial charge in [0, 0.05) is 28.1 Å². The molecule has 2 bridgehead atoms. The average Bonchev–Trinajstić information content (AvgIpc) is 2.82. The minimum atomic E-state index is -0.272. The number of halogens is 1. The maximum absolute atomic E-state index is 12.9. The molecule has 1 unspecified atom stereocenters. The zero-order chi connectivity index (χ0) is 13.6. The van der Waals surface area contributed by atoms with Crippen LogP contribution in [-0.4, -0.2) is 17.9 Å². The number of aryl methyl sites for hydroxylation is 1. The van der Waals surface area contributed by atoms with Gasteiger partial charge in [0.15, 0.2) is 5.78 Å². The predicted octanol–water partition coefficient (Wildman–Crippen LogP) is 3.75. The number of hydrogen-bond acceptors (Lipinski definition) is 2. The zero-order valence-corrected chi connectivity index (χ0v) is 12.3. The summed E-state index contributed by atoms with van der Waals surface area (Å²) in [6.45, 7) is 4.07. The molecule has 0 radical (unpaired) electrons. The van der Waals surface area contributed by atoms with Gasteiger partial charge in [-0.3, -0.25) is 4.79 Å². The Kier molecular flexibility index (Phi) is 3.18. The molecule has 102 valence electrons. The third-order valence-electron chi connectivity index (χ3n) is 4.97. The van der Waals surface area contributed by atoms with Crippen LogP contribution in [0.15, 0.2) is 18.2 Å². The first kappa shape index (κ1) is 13.1. The number of carbonyl (C=O) groups is 1. The van der Waals surface area contributed by atoms with Crippen LogP contribution in [0.3, 0.4) is 0 Å². The predicted molar refractivity (Wildman–Crippen MR) is 77.8 cm³/mol. The molecule has 3 heteroatoms. The summed E-state index contributed by atoms with van der Waals surface area (Å²) in [5, 5.41) is 4.29. The van der Waals surface area contributed by atoms with Gasteiger partial charge in [0.05, 0.1) is 0 Å². The van der Waals surface area contributed by atoms with E-state index in [4.69, 9.17) is 11.6 Å². The fraction of sp³-hybridized carbons (Fsp3) is 0.562. The Morgan fingerprint density at radius 2 is 2.16 bits per heavy atom. The van der Waals surface area contributed by atoms with Gasteiger partial charge >= 0.3 is 0 Å². The van der Waals surface area contributed by atoms with Crippen molar-refractivity contribution >= 4 is 17.4 Å². The van der Waals surface area contributed by atoms with Crippen LogP contribution in [0.5, 0.6) is 0 Å². The molecule has 2 saturated heterocycles. The molecule has 0 aromatic heterocycles. The first-order valence-corrected chi connectivity index (χ1v) is 7.45. The Balaban J connectivity index is 1.92. The summed E-state index contributed by atoms with van der Waals surface area (Å²) in [5.41, 5.74) is 1.50. The molecule has 3 rings (SSSR count). The minimum absolute atomic E-state index is 0.243. The lowest BCUT2D eigenvalue weighted by Gasteiger charge is -2.39. The van der Waals surface area contributed by atoms with Gasteiger partial charge in [0.2, 0.25) is 0 Å². The number of nitrogens with one attached hydrogen (secondary N) is 1. The van der Waals surface area contributed by atoms with Crippen LogP contribution in [0.4, 0.5) is 0 Å². The second kappa shape index (κ2) is 4.60. The van der Waals surface area contributed by atoms with Crippen molar-refractivity contribution in [2.45, 2.75) is 51.6 Å². The highest BCUT2D eigenvalue weighted by atomic mass is 35.5. The van der Waals surface area contributed by atoms with Crippen molar-refractivity contribution in [3.63, 3.8) is 0 Å². The van der Waals surface area contributed by atoms with E-state index in [0.717, 1.165) is 30.4 Å². The van der Waals surface area contributed by atoms with Gasteiger partial charge in [-0.1, -0.05) is 30.7 Å². The van der Waals surface area contributed by atoms with Crippen molar-refractivity contribution in [2.75, 3.05) is 0 Å². The summed E-state index contributed by atoms with van der Waals surface area (Å²) in [4.78, 5) is 12.9. The topological polar surface area (TPSA) is 29.1 Å². The number of fused-ring (bicyclic) bond motifs is 2. The Morgan fingerprint density at radius 3 is 2.89 bits per heavy atom. The maximum atomic E-state index is 12.9. The van der Waals surface area contributed by atoms with Gasteiger partial charge in [-0.2, -0.15) is 0 Å². The second-order valence-electron chi connectivity index (χ2n) is 6.24. The van der Waals surface area contributed by atoms with Gasteiger partial charge in [0.1, 0.15) is 0 Å². The Labute approximate surface area is 119 Å². The summed E-state index contributed by atoms with van der Waals surface area (Å²) in [6, 6.07) is 6.64. The quantitative estimate of drug-likeness (QED) is 0.834. The molecule has 0 amide bonds. The van der Waals surface area contributed by atoms with Crippen molar-refractivity contribution < 1.29 is 4.79 Å². The monoisotopic (exact) mass is 277 g/mol.